The lowest BCUT2D eigenvalue weighted by Crippen LogP contribution is -2.29. The van der Waals surface area contributed by atoms with E-state index in [9.17, 15) is 14.4 Å². The lowest BCUT2D eigenvalue weighted by molar-refractivity contribution is -0.116. The van der Waals surface area contributed by atoms with Gasteiger partial charge in [0.25, 0.3) is 11.8 Å². The minimum Gasteiger partial charge on any atom is -0.326 e. The normalized spacial score (nSPS) is 12.8. The van der Waals surface area contributed by atoms with E-state index in [1.54, 1.807) is 66.7 Å². The molecule has 7 heteroatoms. The maximum absolute atomic E-state index is 12.7. The van der Waals surface area contributed by atoms with E-state index >= 15 is 0 Å². The molecule has 0 unspecified atom stereocenters. The summed E-state index contributed by atoms with van der Waals surface area (Å²) in [7, 11) is 0. The van der Waals surface area contributed by atoms with Gasteiger partial charge in [0.1, 0.15) is 0 Å². The Morgan fingerprint density at radius 3 is 2.23 bits per heavy atom. The van der Waals surface area contributed by atoms with Crippen molar-refractivity contribution in [2.24, 2.45) is 0 Å². The molecule has 0 saturated heterocycles. The third kappa shape index (κ3) is 3.95. The maximum Gasteiger partial charge on any atom is 0.266 e. The summed E-state index contributed by atoms with van der Waals surface area (Å²) in [6.45, 7) is 0. The number of nitrogens with one attached hydrogen (secondary N) is 1. The Bertz CT molecular complexity index is 1140. The number of fused-ring (bicyclic) bond motifs is 1. The van der Waals surface area contributed by atoms with Crippen LogP contribution in [0.25, 0.3) is 0 Å². The van der Waals surface area contributed by atoms with E-state index in [-0.39, 0.29) is 24.1 Å². The number of anilines is 2. The fourth-order valence-corrected chi connectivity index (χ4v) is 3.85. The van der Waals surface area contributed by atoms with Crippen molar-refractivity contribution in [1.82, 2.24) is 0 Å². The Morgan fingerprint density at radius 2 is 1.57 bits per heavy atom. The first-order valence-electron chi connectivity index (χ1n) is 9.26. The first-order valence-corrected chi connectivity index (χ1v) is 10.0. The van der Waals surface area contributed by atoms with Crippen LogP contribution in [-0.2, 0) is 11.2 Å². The fourth-order valence-electron chi connectivity index (χ4n) is 3.34. The van der Waals surface area contributed by atoms with Gasteiger partial charge >= 0.3 is 0 Å². The van der Waals surface area contributed by atoms with Gasteiger partial charge in [-0.1, -0.05) is 47.5 Å². The van der Waals surface area contributed by atoms with Gasteiger partial charge in [-0.2, -0.15) is 0 Å². The van der Waals surface area contributed by atoms with Gasteiger partial charge in [-0.25, -0.2) is 4.90 Å². The van der Waals surface area contributed by atoms with Gasteiger partial charge in [-0.15, -0.1) is 0 Å². The van der Waals surface area contributed by atoms with Crippen LogP contribution in [0, 0.1) is 0 Å². The van der Waals surface area contributed by atoms with Gasteiger partial charge in [-0.3, -0.25) is 14.4 Å². The Hall–Kier alpha value is -3.15. The van der Waals surface area contributed by atoms with Crippen molar-refractivity contribution in [1.29, 1.82) is 0 Å². The molecular weight excluding hydrogens is 423 g/mol. The van der Waals surface area contributed by atoms with E-state index in [2.05, 4.69) is 5.32 Å². The van der Waals surface area contributed by atoms with E-state index in [0.717, 1.165) is 10.5 Å². The highest BCUT2D eigenvalue weighted by Gasteiger charge is 2.36. The number of nitrogens with zero attached hydrogens (tertiary/aromatic N) is 1. The van der Waals surface area contributed by atoms with Crippen LogP contribution in [0.2, 0.25) is 10.0 Å². The number of imide groups is 1. The number of aryl methyl sites for hydroxylation is 1. The highest BCUT2D eigenvalue weighted by atomic mass is 35.5. The number of hydrogen-bond donors (Lipinski definition) is 1. The molecule has 1 aliphatic rings. The number of carbonyl (C=O) groups excluding carboxylic acids is 3. The Labute approximate surface area is 183 Å². The average molecular weight is 439 g/mol. The summed E-state index contributed by atoms with van der Waals surface area (Å²) in [5.41, 5.74) is 2.47. The van der Waals surface area contributed by atoms with Crippen LogP contribution < -0.4 is 10.2 Å². The van der Waals surface area contributed by atoms with Crippen LogP contribution in [0.5, 0.6) is 0 Å². The molecule has 4 rings (SSSR count). The molecule has 1 heterocycles. The number of halogens is 2. The zero-order chi connectivity index (χ0) is 21.3. The third-order valence-electron chi connectivity index (χ3n) is 4.82. The number of rotatable bonds is 5. The van der Waals surface area contributed by atoms with Crippen LogP contribution in [-0.4, -0.2) is 17.7 Å². The van der Waals surface area contributed by atoms with Crippen molar-refractivity contribution in [3.63, 3.8) is 0 Å². The first-order chi connectivity index (χ1) is 14.4. The monoisotopic (exact) mass is 438 g/mol. The van der Waals surface area contributed by atoms with Crippen LogP contribution in [0.4, 0.5) is 11.4 Å². The minimum atomic E-state index is -0.378. The topological polar surface area (TPSA) is 66.5 Å². The van der Waals surface area contributed by atoms with E-state index in [1.165, 1.54) is 0 Å². The molecule has 30 heavy (non-hydrogen) atoms. The molecular formula is C23H16Cl2N2O3. The smallest absolute Gasteiger partial charge is 0.266 e. The highest BCUT2D eigenvalue weighted by Crippen LogP contribution is 2.30. The summed E-state index contributed by atoms with van der Waals surface area (Å²) >= 11 is 12.0. The zero-order valence-corrected chi connectivity index (χ0v) is 17.2. The highest BCUT2D eigenvalue weighted by molar-refractivity contribution is 6.35. The standard InChI is InChI=1S/C23H16Cl2N2O3/c24-15-10-8-14(20(25)12-15)9-11-21(28)26-16-4-3-5-17(13-16)27-22(29)18-6-1-2-7-19(18)23(27)30/h1-8,10,12-13H,9,11H2,(H,26,28). The number of amides is 3. The molecule has 0 aliphatic carbocycles. The summed E-state index contributed by atoms with van der Waals surface area (Å²) in [6.07, 6.45) is 0.679. The summed E-state index contributed by atoms with van der Waals surface area (Å²) in [4.78, 5) is 38.8. The van der Waals surface area contributed by atoms with Gasteiger partial charge in [0.15, 0.2) is 0 Å². The van der Waals surface area contributed by atoms with Gasteiger partial charge in [-0.05, 0) is 54.4 Å². The molecule has 0 saturated carbocycles. The second-order valence-electron chi connectivity index (χ2n) is 6.83. The first kappa shape index (κ1) is 20.1. The molecule has 0 radical (unpaired) electrons. The molecule has 0 fully saturated rings. The van der Waals surface area contributed by atoms with Crippen molar-refractivity contribution >= 4 is 52.3 Å². The molecule has 0 aromatic heterocycles. The summed E-state index contributed by atoms with van der Waals surface area (Å²) < 4.78 is 0. The Kier molecular flexibility index (Phi) is 5.57. The van der Waals surface area contributed by atoms with Gasteiger partial charge < -0.3 is 5.32 Å². The lowest BCUT2D eigenvalue weighted by atomic mass is 10.1. The van der Waals surface area contributed by atoms with E-state index in [1.807, 2.05) is 0 Å². The number of carbonyl (C=O) groups is 3. The summed E-state index contributed by atoms with van der Waals surface area (Å²) in [5, 5.41) is 3.86. The maximum atomic E-state index is 12.7. The predicted molar refractivity (Wildman–Crippen MR) is 117 cm³/mol. The SMILES string of the molecule is O=C(CCc1ccc(Cl)cc1Cl)Nc1cccc(N2C(=O)c3ccccc3C2=O)c1. The van der Waals surface area contributed by atoms with E-state index in [0.29, 0.717) is 39.0 Å². The van der Waals surface area contributed by atoms with Gasteiger partial charge in [0.05, 0.1) is 16.8 Å². The van der Waals surface area contributed by atoms with Crippen LogP contribution in [0.3, 0.4) is 0 Å². The van der Waals surface area contributed by atoms with Crippen molar-refractivity contribution in [2.75, 3.05) is 10.2 Å². The third-order valence-corrected chi connectivity index (χ3v) is 5.41. The molecule has 1 N–H and O–H groups in total. The Balaban J connectivity index is 1.46. The van der Waals surface area contributed by atoms with E-state index in [4.69, 9.17) is 23.2 Å². The molecule has 0 bridgehead atoms. The lowest BCUT2D eigenvalue weighted by Gasteiger charge is -2.15. The van der Waals surface area contributed by atoms with Crippen LogP contribution in [0.15, 0.2) is 66.7 Å². The fraction of sp³-hybridized carbons (Fsp3) is 0.0870. The van der Waals surface area contributed by atoms with Crippen molar-refractivity contribution in [3.8, 4) is 0 Å². The summed E-state index contributed by atoms with van der Waals surface area (Å²) in [5.74, 6) is -0.964. The van der Waals surface area contributed by atoms with Crippen LogP contribution in [0.1, 0.15) is 32.7 Å². The van der Waals surface area contributed by atoms with Crippen molar-refractivity contribution in [3.05, 3.63) is 93.5 Å². The van der Waals surface area contributed by atoms with Gasteiger partial charge in [0.2, 0.25) is 5.91 Å². The largest absolute Gasteiger partial charge is 0.326 e. The van der Waals surface area contributed by atoms with Crippen molar-refractivity contribution < 1.29 is 14.4 Å². The quantitative estimate of drug-likeness (QED) is 0.544. The van der Waals surface area contributed by atoms with Crippen molar-refractivity contribution in [2.45, 2.75) is 12.8 Å². The molecule has 0 spiro atoms. The second-order valence-corrected chi connectivity index (χ2v) is 7.67. The van der Waals surface area contributed by atoms with Crippen LogP contribution >= 0.6 is 23.2 Å². The van der Waals surface area contributed by atoms with Gasteiger partial charge in [0, 0.05) is 22.2 Å². The minimum absolute atomic E-state index is 0.208. The molecule has 3 amide bonds. The van der Waals surface area contributed by atoms with E-state index < -0.39 is 0 Å². The predicted octanol–water partition coefficient (Wildman–Crippen LogP) is 5.37. The summed E-state index contributed by atoms with van der Waals surface area (Å²) in [6, 6.07) is 18.5. The molecule has 150 valence electrons. The number of benzene rings is 3. The molecule has 3 aromatic rings. The number of hydrogen-bond acceptors (Lipinski definition) is 3. The molecule has 5 nitrogen and oxygen atoms in total. The molecule has 0 atom stereocenters. The average Bonchev–Trinajstić information content (AvgIpc) is 2.98. The second kappa shape index (κ2) is 8.30. The molecule has 1 aliphatic heterocycles. The Morgan fingerprint density at radius 1 is 0.867 bits per heavy atom. The molecule has 3 aromatic carbocycles. The zero-order valence-electron chi connectivity index (χ0n) is 15.7.